The number of carbonyl (C=O) groups is 1. The van der Waals surface area contributed by atoms with Crippen LogP contribution in [-0.2, 0) is 10.0 Å². The van der Waals surface area contributed by atoms with E-state index < -0.39 is 15.9 Å². The molecule has 1 fully saturated rings. The van der Waals surface area contributed by atoms with Crippen molar-refractivity contribution < 1.29 is 13.2 Å². The Morgan fingerprint density at radius 2 is 1.62 bits per heavy atom. The summed E-state index contributed by atoms with van der Waals surface area (Å²) in [6, 6.07) is 9.72. The van der Waals surface area contributed by atoms with Crippen LogP contribution in [0.4, 0.5) is 5.82 Å². The van der Waals surface area contributed by atoms with Crippen LogP contribution in [0.15, 0.2) is 41.3 Å². The topological polar surface area (TPSA) is 110 Å². The van der Waals surface area contributed by atoms with Crippen LogP contribution in [0.2, 0.25) is 0 Å². The first kappa shape index (κ1) is 24.0. The van der Waals surface area contributed by atoms with Gasteiger partial charge in [-0.05, 0) is 63.3 Å². The summed E-state index contributed by atoms with van der Waals surface area (Å²) in [5.41, 5.74) is 2.49. The molecule has 2 atom stereocenters. The Morgan fingerprint density at radius 1 is 0.971 bits per heavy atom. The largest absolute Gasteiger partial charge is 0.306 e. The van der Waals surface area contributed by atoms with Gasteiger partial charge in [0.25, 0.3) is 11.9 Å². The van der Waals surface area contributed by atoms with Crippen molar-refractivity contribution in [2.24, 2.45) is 11.8 Å². The minimum absolute atomic E-state index is 0.115. The average Bonchev–Trinajstić information content (AvgIpc) is 3.12. The first-order valence-electron chi connectivity index (χ1n) is 11.3. The average molecular weight is 483 g/mol. The van der Waals surface area contributed by atoms with Crippen molar-refractivity contribution in [2.45, 2.75) is 45.9 Å². The van der Waals surface area contributed by atoms with E-state index in [4.69, 9.17) is 0 Å². The van der Waals surface area contributed by atoms with Crippen LogP contribution in [0.3, 0.4) is 0 Å². The van der Waals surface area contributed by atoms with Crippen molar-refractivity contribution in [2.75, 3.05) is 18.4 Å². The van der Waals surface area contributed by atoms with Crippen molar-refractivity contribution in [3.8, 4) is 5.95 Å². The van der Waals surface area contributed by atoms with E-state index in [0.717, 1.165) is 17.8 Å². The van der Waals surface area contributed by atoms with Crippen LogP contribution >= 0.6 is 0 Å². The summed E-state index contributed by atoms with van der Waals surface area (Å²) in [6.07, 6.45) is 1.01. The molecule has 1 aromatic carbocycles. The number of amides is 1. The van der Waals surface area contributed by atoms with Gasteiger partial charge in [-0.2, -0.15) is 14.1 Å². The zero-order chi connectivity index (χ0) is 24.6. The molecule has 0 bridgehead atoms. The van der Waals surface area contributed by atoms with Crippen molar-refractivity contribution in [1.82, 2.24) is 24.1 Å². The van der Waals surface area contributed by atoms with E-state index in [1.165, 1.54) is 21.1 Å². The van der Waals surface area contributed by atoms with Gasteiger partial charge in [0.1, 0.15) is 5.82 Å². The first-order chi connectivity index (χ1) is 16.0. The molecule has 0 aliphatic carbocycles. The SMILES string of the molecule is Cc1cc(C)nc(-n2nc(C)cc2NC(=O)c2cccc(S(=O)(=O)N3CC(C)CC(C)C3)c2)n1. The summed E-state index contributed by atoms with van der Waals surface area (Å²) in [7, 11) is -3.70. The Labute approximate surface area is 200 Å². The van der Waals surface area contributed by atoms with Gasteiger partial charge in [0.15, 0.2) is 0 Å². The number of carbonyl (C=O) groups excluding carboxylic acids is 1. The fourth-order valence-corrected chi connectivity index (χ4v) is 6.21. The number of sulfonamides is 1. The molecule has 4 rings (SSSR count). The van der Waals surface area contributed by atoms with Crippen LogP contribution in [-0.4, -0.2) is 51.5 Å². The van der Waals surface area contributed by atoms with Crippen molar-refractivity contribution in [1.29, 1.82) is 0 Å². The normalized spacial score (nSPS) is 19.2. The van der Waals surface area contributed by atoms with E-state index in [9.17, 15) is 13.2 Å². The summed E-state index contributed by atoms with van der Waals surface area (Å²) < 4.78 is 29.6. The van der Waals surface area contributed by atoms with Gasteiger partial charge in [0, 0.05) is 36.1 Å². The summed E-state index contributed by atoms with van der Waals surface area (Å²) >= 11 is 0. The number of anilines is 1. The molecule has 34 heavy (non-hydrogen) atoms. The fraction of sp³-hybridized carbons (Fsp3) is 0.417. The molecule has 1 amide bonds. The summed E-state index contributed by atoms with van der Waals surface area (Å²) in [5.74, 6) is 0.898. The molecular weight excluding hydrogens is 452 g/mol. The molecule has 1 aliphatic heterocycles. The van der Waals surface area contributed by atoms with E-state index in [0.29, 0.717) is 42.4 Å². The Kier molecular flexibility index (Phi) is 6.55. The molecule has 0 saturated carbocycles. The van der Waals surface area contributed by atoms with Gasteiger partial charge < -0.3 is 5.32 Å². The molecule has 180 valence electrons. The minimum Gasteiger partial charge on any atom is -0.306 e. The van der Waals surface area contributed by atoms with Gasteiger partial charge in [0.2, 0.25) is 10.0 Å². The summed E-state index contributed by atoms with van der Waals surface area (Å²) in [5, 5.41) is 7.25. The van der Waals surface area contributed by atoms with Gasteiger partial charge in [0.05, 0.1) is 10.6 Å². The maximum Gasteiger partial charge on any atom is 0.256 e. The van der Waals surface area contributed by atoms with Crippen LogP contribution in [0.1, 0.15) is 47.7 Å². The van der Waals surface area contributed by atoms with Crippen LogP contribution in [0, 0.1) is 32.6 Å². The fourth-order valence-electron chi connectivity index (χ4n) is 4.48. The predicted octanol–water partition coefficient (Wildman–Crippen LogP) is 3.51. The van der Waals surface area contributed by atoms with Crippen molar-refractivity contribution in [3.05, 3.63) is 59.0 Å². The molecule has 0 radical (unpaired) electrons. The third-order valence-corrected chi connectivity index (χ3v) is 7.63. The lowest BCUT2D eigenvalue weighted by molar-refractivity contribution is 0.102. The number of hydrogen-bond donors (Lipinski definition) is 1. The summed E-state index contributed by atoms with van der Waals surface area (Å²) in [6.45, 7) is 10.6. The number of piperidine rings is 1. The highest BCUT2D eigenvalue weighted by Gasteiger charge is 2.32. The standard InChI is InChI=1S/C24H30N6O3S/c1-15-9-16(2)14-29(13-15)34(32,33)21-8-6-7-20(12-21)23(31)27-22-11-19(5)28-30(22)24-25-17(3)10-18(4)26-24/h6-8,10-12,15-16H,9,13-14H2,1-5H3,(H,27,31). The third-order valence-electron chi connectivity index (χ3n) is 5.80. The number of nitrogens with zero attached hydrogens (tertiary/aromatic N) is 5. The zero-order valence-electron chi connectivity index (χ0n) is 20.1. The first-order valence-corrected chi connectivity index (χ1v) is 12.8. The molecule has 10 heteroatoms. The van der Waals surface area contributed by atoms with Gasteiger partial charge >= 0.3 is 0 Å². The smallest absolute Gasteiger partial charge is 0.256 e. The van der Waals surface area contributed by atoms with Crippen LogP contribution in [0.25, 0.3) is 5.95 Å². The Balaban J connectivity index is 1.61. The molecule has 1 N–H and O–H groups in total. The lowest BCUT2D eigenvalue weighted by Crippen LogP contribution is -2.42. The highest BCUT2D eigenvalue weighted by Crippen LogP contribution is 2.27. The molecule has 1 aliphatic rings. The van der Waals surface area contributed by atoms with E-state index in [1.807, 2.05) is 26.8 Å². The molecular formula is C24H30N6O3S. The van der Waals surface area contributed by atoms with E-state index in [1.54, 1.807) is 18.2 Å². The number of hydrogen-bond acceptors (Lipinski definition) is 6. The number of aromatic nitrogens is 4. The lowest BCUT2D eigenvalue weighted by Gasteiger charge is -2.34. The van der Waals surface area contributed by atoms with Crippen LogP contribution in [0.5, 0.6) is 0 Å². The molecule has 2 unspecified atom stereocenters. The predicted molar refractivity (Wildman–Crippen MR) is 129 cm³/mol. The number of aryl methyl sites for hydroxylation is 3. The molecule has 3 aromatic rings. The van der Waals surface area contributed by atoms with Crippen molar-refractivity contribution in [3.63, 3.8) is 0 Å². The third kappa shape index (κ3) is 5.02. The van der Waals surface area contributed by atoms with Crippen LogP contribution < -0.4 is 5.32 Å². The second-order valence-corrected chi connectivity index (χ2v) is 11.2. The molecule has 9 nitrogen and oxygen atoms in total. The number of nitrogens with one attached hydrogen (secondary N) is 1. The molecule has 3 heterocycles. The second-order valence-electron chi connectivity index (χ2n) is 9.28. The highest BCUT2D eigenvalue weighted by molar-refractivity contribution is 7.89. The maximum atomic E-state index is 13.3. The molecule has 0 spiro atoms. The Hall–Kier alpha value is -3.11. The van der Waals surface area contributed by atoms with Gasteiger partial charge in [-0.1, -0.05) is 19.9 Å². The zero-order valence-corrected chi connectivity index (χ0v) is 20.9. The second kappa shape index (κ2) is 9.27. The Morgan fingerprint density at radius 3 is 2.26 bits per heavy atom. The molecule has 1 saturated heterocycles. The van der Waals surface area contributed by atoms with Gasteiger partial charge in [-0.3, -0.25) is 4.79 Å². The van der Waals surface area contributed by atoms with E-state index in [-0.39, 0.29) is 10.5 Å². The van der Waals surface area contributed by atoms with Gasteiger partial charge in [-0.25, -0.2) is 18.4 Å². The van der Waals surface area contributed by atoms with Gasteiger partial charge in [-0.15, -0.1) is 0 Å². The summed E-state index contributed by atoms with van der Waals surface area (Å²) in [4.78, 5) is 22.1. The minimum atomic E-state index is -3.70. The maximum absolute atomic E-state index is 13.3. The quantitative estimate of drug-likeness (QED) is 0.596. The number of benzene rings is 1. The molecule has 2 aromatic heterocycles. The van der Waals surface area contributed by atoms with E-state index in [2.05, 4.69) is 34.2 Å². The van der Waals surface area contributed by atoms with E-state index >= 15 is 0 Å². The monoisotopic (exact) mass is 482 g/mol. The lowest BCUT2D eigenvalue weighted by atomic mass is 9.94. The highest BCUT2D eigenvalue weighted by atomic mass is 32.2. The Bertz CT molecular complexity index is 1300. The number of rotatable bonds is 5. The van der Waals surface area contributed by atoms with Crippen molar-refractivity contribution >= 4 is 21.7 Å².